The molecule has 40 heavy (non-hydrogen) atoms. The molecule has 2 aromatic rings. The van der Waals surface area contributed by atoms with Crippen molar-refractivity contribution >= 4 is 23.7 Å². The first kappa shape index (κ1) is 26.8. The Labute approximate surface area is 235 Å². The van der Waals surface area contributed by atoms with Crippen LogP contribution in [0.4, 0.5) is 0 Å². The van der Waals surface area contributed by atoms with Crippen LogP contribution in [0.5, 0.6) is 11.5 Å². The average Bonchev–Trinajstić information content (AvgIpc) is 3.54. The summed E-state index contributed by atoms with van der Waals surface area (Å²) < 4.78 is 17.7. The summed E-state index contributed by atoms with van der Waals surface area (Å²) in [5, 5.41) is 0. The molecule has 8 heteroatoms. The molecule has 2 aliphatic carbocycles. The molecule has 1 amide bonds. The second-order valence-corrected chi connectivity index (χ2v) is 12.3. The first-order chi connectivity index (χ1) is 19.2. The molecule has 3 heterocycles. The van der Waals surface area contributed by atoms with E-state index in [1.165, 1.54) is 12.5 Å². The van der Waals surface area contributed by atoms with Crippen LogP contribution >= 0.6 is 0 Å². The van der Waals surface area contributed by atoms with Crippen molar-refractivity contribution in [2.75, 3.05) is 19.6 Å². The number of Topliss-reactive ketones (excluding diaryl/α,β-unsaturated/α-hetero) is 1. The van der Waals surface area contributed by atoms with Gasteiger partial charge in [-0.1, -0.05) is 19.9 Å². The van der Waals surface area contributed by atoms with Crippen molar-refractivity contribution in [2.45, 2.75) is 77.0 Å². The first-order valence-electron chi connectivity index (χ1n) is 14.4. The molecule has 1 saturated heterocycles. The minimum absolute atomic E-state index is 0.0453. The normalized spacial score (nSPS) is 28.3. The molecule has 0 unspecified atom stereocenters. The number of ketones is 1. The summed E-state index contributed by atoms with van der Waals surface area (Å²) in [6, 6.07) is 5.84. The van der Waals surface area contributed by atoms with E-state index >= 15 is 0 Å². The van der Waals surface area contributed by atoms with Gasteiger partial charge in [-0.3, -0.25) is 19.3 Å². The number of amides is 1. The van der Waals surface area contributed by atoms with Crippen LogP contribution in [0.3, 0.4) is 0 Å². The van der Waals surface area contributed by atoms with Gasteiger partial charge >= 0.3 is 5.97 Å². The third kappa shape index (κ3) is 4.37. The molecule has 1 saturated carbocycles. The molecule has 0 radical (unpaired) electrons. The molecule has 8 nitrogen and oxygen atoms in total. The van der Waals surface area contributed by atoms with E-state index in [4.69, 9.17) is 13.9 Å². The molecular weight excluding hydrogens is 508 g/mol. The highest BCUT2D eigenvalue weighted by Gasteiger charge is 2.66. The van der Waals surface area contributed by atoms with E-state index in [2.05, 4.69) is 24.8 Å². The molecule has 2 aliphatic heterocycles. The smallest absolute Gasteiger partial charge is 0.308 e. The van der Waals surface area contributed by atoms with Gasteiger partial charge in [0.05, 0.1) is 25.1 Å². The van der Waals surface area contributed by atoms with E-state index in [0.29, 0.717) is 30.5 Å². The number of benzene rings is 1. The highest BCUT2D eigenvalue weighted by molar-refractivity contribution is 5.92. The lowest BCUT2D eigenvalue weighted by Crippen LogP contribution is -2.69. The highest BCUT2D eigenvalue weighted by Crippen LogP contribution is 2.64. The van der Waals surface area contributed by atoms with Crippen molar-refractivity contribution < 1.29 is 28.3 Å². The van der Waals surface area contributed by atoms with Crippen molar-refractivity contribution in [3.63, 3.8) is 0 Å². The number of hydrogen-bond donors (Lipinski definition) is 0. The maximum Gasteiger partial charge on any atom is 0.308 e. The zero-order valence-electron chi connectivity index (χ0n) is 23.7. The van der Waals surface area contributed by atoms with Gasteiger partial charge in [-0.25, -0.2) is 0 Å². The highest BCUT2D eigenvalue weighted by atomic mass is 16.6. The quantitative estimate of drug-likeness (QED) is 0.275. The van der Waals surface area contributed by atoms with Gasteiger partial charge in [-0.2, -0.15) is 0 Å². The van der Waals surface area contributed by atoms with E-state index in [1.54, 1.807) is 31.6 Å². The monoisotopic (exact) mass is 546 g/mol. The summed E-state index contributed by atoms with van der Waals surface area (Å²) in [5.41, 5.74) is 2.90. The van der Waals surface area contributed by atoms with Gasteiger partial charge < -0.3 is 18.8 Å². The number of esters is 1. The lowest BCUT2D eigenvalue weighted by atomic mass is 9.51. The fourth-order valence-electron chi connectivity index (χ4n) is 8.04. The largest absolute Gasteiger partial charge is 0.483 e. The van der Waals surface area contributed by atoms with E-state index in [-0.39, 0.29) is 47.2 Å². The molecule has 212 valence electrons. The summed E-state index contributed by atoms with van der Waals surface area (Å²) in [7, 11) is 0. The minimum Gasteiger partial charge on any atom is -0.483 e. The van der Waals surface area contributed by atoms with Crippen molar-refractivity contribution in [1.29, 1.82) is 0 Å². The fourth-order valence-corrected chi connectivity index (χ4v) is 8.04. The first-order valence-corrected chi connectivity index (χ1v) is 14.4. The van der Waals surface area contributed by atoms with Crippen molar-refractivity contribution in [3.05, 3.63) is 53.5 Å². The topological polar surface area (TPSA) is 89.3 Å². The molecule has 1 aromatic carbocycles. The maximum atomic E-state index is 13.8. The van der Waals surface area contributed by atoms with Gasteiger partial charge in [-0.15, -0.1) is 0 Å². The van der Waals surface area contributed by atoms with Gasteiger partial charge in [0.25, 0.3) is 0 Å². The number of carbonyl (C=O) groups is 3. The lowest BCUT2D eigenvalue weighted by molar-refractivity contribution is -0.139. The van der Waals surface area contributed by atoms with Crippen molar-refractivity contribution in [3.8, 4) is 11.5 Å². The average molecular weight is 547 g/mol. The third-order valence-corrected chi connectivity index (χ3v) is 9.27. The standard InChI is InChI=1S/C32H38N2O6/c1-19(2)16-34(28(37)10-5-22-11-14-38-18-22)25-8-7-24-26-15-23-6-9-27(39-21(4)36)30-29(23)32(24,31(25)40-30)12-13-33(26)17-20(3)35/h5-6,9-11,14,18-19,24-26,31H,7-8,12-13,15-17H2,1-4H3/t24-,25-,26+,31-,32-/m0/s1. The molecular formula is C32H38N2O6. The number of hydrogen-bond acceptors (Lipinski definition) is 7. The summed E-state index contributed by atoms with van der Waals surface area (Å²) in [6.45, 7) is 9.18. The number of ether oxygens (including phenoxy) is 2. The number of carbonyl (C=O) groups excluding carboxylic acids is 3. The molecule has 1 spiro atoms. The Morgan fingerprint density at radius 1 is 1.20 bits per heavy atom. The van der Waals surface area contributed by atoms with Crippen molar-refractivity contribution in [2.24, 2.45) is 11.8 Å². The molecule has 0 N–H and O–H groups in total. The maximum absolute atomic E-state index is 13.8. The lowest BCUT2D eigenvalue weighted by Gasteiger charge is -2.60. The van der Waals surface area contributed by atoms with Crippen LogP contribution < -0.4 is 9.47 Å². The predicted octanol–water partition coefficient (Wildman–Crippen LogP) is 4.40. The van der Waals surface area contributed by atoms with Crippen LogP contribution in [0.1, 0.15) is 63.6 Å². The molecule has 2 fully saturated rings. The predicted molar refractivity (Wildman–Crippen MR) is 149 cm³/mol. The second kappa shape index (κ2) is 10.2. The Morgan fingerprint density at radius 2 is 2.02 bits per heavy atom. The summed E-state index contributed by atoms with van der Waals surface area (Å²) in [4.78, 5) is 42.4. The summed E-state index contributed by atoms with van der Waals surface area (Å²) in [5.74, 6) is 1.44. The Bertz CT molecular complexity index is 1350. The zero-order valence-corrected chi connectivity index (χ0v) is 23.7. The summed E-state index contributed by atoms with van der Waals surface area (Å²) >= 11 is 0. The van der Waals surface area contributed by atoms with Crippen LogP contribution in [0.15, 0.2) is 41.2 Å². The zero-order chi connectivity index (χ0) is 28.2. The van der Waals surface area contributed by atoms with Gasteiger partial charge in [-0.05, 0) is 74.8 Å². The van der Waals surface area contributed by atoms with E-state index < -0.39 is 0 Å². The van der Waals surface area contributed by atoms with E-state index in [9.17, 15) is 14.4 Å². The summed E-state index contributed by atoms with van der Waals surface area (Å²) in [6.07, 6.45) is 9.80. The minimum atomic E-state index is -0.383. The Balaban J connectivity index is 1.43. The van der Waals surface area contributed by atoms with Crippen LogP contribution in [0, 0.1) is 11.8 Å². The molecule has 4 aliphatic rings. The van der Waals surface area contributed by atoms with Crippen LogP contribution in [0.25, 0.3) is 6.08 Å². The number of furan rings is 1. The molecule has 1 aromatic heterocycles. The van der Waals surface area contributed by atoms with Gasteiger partial charge in [0.15, 0.2) is 11.5 Å². The Hall–Kier alpha value is -3.39. The SMILES string of the molecule is CC(=O)CN1CC[C@]23c4c5ccc(OC(C)=O)c4O[C@H]2[C@@H](N(CC(C)C)C(=O)C=Cc2ccoc2)CC[C@H]3[C@H]1C5. The van der Waals surface area contributed by atoms with Crippen LogP contribution in [-0.4, -0.2) is 65.3 Å². The van der Waals surface area contributed by atoms with Gasteiger partial charge in [0.2, 0.25) is 5.91 Å². The number of rotatable bonds is 8. The Morgan fingerprint density at radius 3 is 2.73 bits per heavy atom. The number of piperidine rings is 1. The van der Waals surface area contributed by atoms with Crippen molar-refractivity contribution in [1.82, 2.24) is 9.80 Å². The third-order valence-electron chi connectivity index (χ3n) is 9.27. The number of nitrogens with zero attached hydrogens (tertiary/aromatic N) is 2. The van der Waals surface area contributed by atoms with E-state index in [0.717, 1.165) is 43.4 Å². The van der Waals surface area contributed by atoms with E-state index in [1.807, 2.05) is 17.0 Å². The Kier molecular flexibility index (Phi) is 6.85. The second-order valence-electron chi connectivity index (χ2n) is 12.3. The van der Waals surface area contributed by atoms with Gasteiger partial charge in [0, 0.05) is 42.1 Å². The molecule has 6 rings (SSSR count). The van der Waals surface area contributed by atoms with Crippen LogP contribution in [0.2, 0.25) is 0 Å². The number of likely N-dealkylation sites (tertiary alicyclic amines) is 1. The fraction of sp³-hybridized carbons (Fsp3) is 0.531. The molecule has 5 atom stereocenters. The molecule has 2 bridgehead atoms. The van der Waals surface area contributed by atoms with Crippen LogP contribution in [-0.2, 0) is 26.2 Å². The van der Waals surface area contributed by atoms with Gasteiger partial charge in [0.1, 0.15) is 11.9 Å².